The molecule has 0 unspecified atom stereocenters. The molecule has 2 aromatic heterocycles. The van der Waals surface area contributed by atoms with E-state index < -0.39 is 0 Å². The summed E-state index contributed by atoms with van der Waals surface area (Å²) in [4.78, 5) is 9.49. The smallest absolute Gasteiger partial charge is 0.0198 e. The number of hydrogen-bond acceptors (Lipinski definition) is 2. The normalized spacial score (nSPS) is 13.2. The summed E-state index contributed by atoms with van der Waals surface area (Å²) in [5, 5.41) is 7.60. The molecule has 1 radical (unpaired) electrons. The van der Waals surface area contributed by atoms with Crippen LogP contribution in [0.4, 0.5) is 0 Å². The van der Waals surface area contributed by atoms with E-state index in [0.717, 1.165) is 22.5 Å². The van der Waals surface area contributed by atoms with Crippen LogP contribution in [0.1, 0.15) is 77.6 Å². The Morgan fingerprint density at radius 3 is 1.80 bits per heavy atom. The molecule has 6 aromatic carbocycles. The van der Waals surface area contributed by atoms with E-state index in [1.807, 2.05) is 12.4 Å². The molecule has 8 aromatic rings. The number of rotatable bonds is 2. The van der Waals surface area contributed by atoms with Crippen LogP contribution in [0.25, 0.3) is 66.0 Å². The molecule has 0 fully saturated rings. The van der Waals surface area contributed by atoms with Crippen molar-refractivity contribution in [1.82, 2.24) is 9.97 Å². The molecular weight excluding hydrogens is 833 g/mol. The van der Waals surface area contributed by atoms with Gasteiger partial charge in [-0.1, -0.05) is 151 Å². The summed E-state index contributed by atoms with van der Waals surface area (Å²) in [6.45, 7) is 17.9. The van der Waals surface area contributed by atoms with E-state index in [-0.39, 0.29) is 36.4 Å². The molecule has 0 spiro atoms. The maximum absolute atomic E-state index is 4.92. The second kappa shape index (κ2) is 14.0. The first-order valence-electron chi connectivity index (χ1n) is 18.7. The van der Waals surface area contributed by atoms with Crippen LogP contribution < -0.4 is 0 Å². The van der Waals surface area contributed by atoms with Crippen LogP contribution in [-0.2, 0) is 36.4 Å². The summed E-state index contributed by atoms with van der Waals surface area (Å²) >= 11 is 0. The quantitative estimate of drug-likeness (QED) is 0.128. The molecule has 0 amide bonds. The van der Waals surface area contributed by atoms with Gasteiger partial charge in [0, 0.05) is 37.9 Å². The molecule has 3 heteroatoms. The van der Waals surface area contributed by atoms with Crippen molar-refractivity contribution in [3.63, 3.8) is 0 Å². The number of aromatic nitrogens is 2. The molecule has 271 valence electrons. The van der Waals surface area contributed by atoms with Crippen molar-refractivity contribution in [3.05, 3.63) is 168 Å². The predicted octanol–water partition coefficient (Wildman–Crippen LogP) is 13.5. The van der Waals surface area contributed by atoms with Crippen molar-refractivity contribution >= 4 is 32.3 Å². The van der Waals surface area contributed by atoms with Gasteiger partial charge in [0.05, 0.1) is 0 Å². The van der Waals surface area contributed by atoms with Gasteiger partial charge in [-0.3, -0.25) is 0 Å². The van der Waals surface area contributed by atoms with Gasteiger partial charge in [-0.2, -0.15) is 0 Å². The molecule has 1 aliphatic rings. The van der Waals surface area contributed by atoms with E-state index in [0.29, 0.717) is 0 Å². The number of fused-ring (bicyclic) bond motifs is 8. The van der Waals surface area contributed by atoms with E-state index in [9.17, 15) is 0 Å². The molecule has 0 N–H and O–H groups in total. The zero-order valence-corrected chi connectivity index (χ0v) is 34.8. The molecular formula is C51H46IrN2-2. The zero-order chi connectivity index (χ0) is 37.1. The maximum Gasteiger partial charge on any atom is 0.0198 e. The summed E-state index contributed by atoms with van der Waals surface area (Å²) in [6.07, 6.45) is 3.92. The molecule has 1 aliphatic carbocycles. The molecule has 0 saturated carbocycles. The summed E-state index contributed by atoms with van der Waals surface area (Å²) in [6, 6.07) is 50.3. The fraction of sp³-hybridized carbons (Fsp3) is 0.216. The van der Waals surface area contributed by atoms with E-state index >= 15 is 0 Å². The summed E-state index contributed by atoms with van der Waals surface area (Å²) < 4.78 is 0. The Balaban J connectivity index is 0.000000186. The van der Waals surface area contributed by atoms with Gasteiger partial charge in [-0.15, -0.1) is 64.5 Å². The van der Waals surface area contributed by atoms with Gasteiger partial charge >= 0.3 is 0 Å². The third-order valence-electron chi connectivity index (χ3n) is 10.9. The van der Waals surface area contributed by atoms with Gasteiger partial charge in [0.15, 0.2) is 0 Å². The van der Waals surface area contributed by atoms with Crippen LogP contribution in [0.15, 0.2) is 134 Å². The van der Waals surface area contributed by atoms with Gasteiger partial charge < -0.3 is 9.97 Å². The van der Waals surface area contributed by atoms with Crippen molar-refractivity contribution in [2.75, 3.05) is 0 Å². The monoisotopic (exact) mass is 879 g/mol. The van der Waals surface area contributed by atoms with Gasteiger partial charge in [0.25, 0.3) is 0 Å². The van der Waals surface area contributed by atoms with Crippen molar-refractivity contribution < 1.29 is 20.1 Å². The Morgan fingerprint density at radius 2 is 1.13 bits per heavy atom. The minimum atomic E-state index is -0.151. The third kappa shape index (κ3) is 6.70. The van der Waals surface area contributed by atoms with Crippen LogP contribution in [-0.4, -0.2) is 9.97 Å². The molecule has 54 heavy (non-hydrogen) atoms. The minimum Gasteiger partial charge on any atom is -0.304 e. The summed E-state index contributed by atoms with van der Waals surface area (Å²) in [5.41, 5.74) is 12.2. The topological polar surface area (TPSA) is 25.8 Å². The Bertz CT molecular complexity index is 2580. The fourth-order valence-corrected chi connectivity index (χ4v) is 7.95. The number of benzene rings is 6. The van der Waals surface area contributed by atoms with Gasteiger partial charge in [-0.25, -0.2) is 0 Å². The first kappa shape index (κ1) is 37.4. The van der Waals surface area contributed by atoms with E-state index in [4.69, 9.17) is 4.98 Å². The van der Waals surface area contributed by atoms with Crippen LogP contribution in [0.2, 0.25) is 0 Å². The minimum absolute atomic E-state index is 0. The second-order valence-electron chi connectivity index (χ2n) is 17.0. The Hall–Kier alpha value is -4.95. The van der Waals surface area contributed by atoms with Crippen molar-refractivity contribution in [2.45, 2.75) is 71.6 Å². The summed E-state index contributed by atoms with van der Waals surface area (Å²) in [5.74, 6) is 0. The second-order valence-corrected chi connectivity index (χ2v) is 17.0. The average molecular weight is 879 g/mol. The van der Waals surface area contributed by atoms with Gasteiger partial charge in [0.1, 0.15) is 0 Å². The molecule has 0 aliphatic heterocycles. The Kier molecular flexibility index (Phi) is 9.71. The van der Waals surface area contributed by atoms with Gasteiger partial charge in [-0.05, 0) is 72.3 Å². The molecule has 9 rings (SSSR count). The third-order valence-corrected chi connectivity index (χ3v) is 10.9. The number of pyridine rings is 2. The molecule has 0 saturated heterocycles. The zero-order valence-electron chi connectivity index (χ0n) is 32.4. The van der Waals surface area contributed by atoms with E-state index in [1.165, 1.54) is 65.7 Å². The van der Waals surface area contributed by atoms with Crippen LogP contribution >= 0.6 is 0 Å². The van der Waals surface area contributed by atoms with E-state index in [1.54, 1.807) is 0 Å². The Labute approximate surface area is 334 Å². The fourth-order valence-electron chi connectivity index (χ4n) is 7.95. The largest absolute Gasteiger partial charge is 0.304 e. The molecule has 0 atom stereocenters. The summed E-state index contributed by atoms with van der Waals surface area (Å²) in [7, 11) is 0. The van der Waals surface area contributed by atoms with Crippen molar-refractivity contribution in [3.8, 4) is 33.6 Å². The van der Waals surface area contributed by atoms with Crippen LogP contribution in [0, 0.1) is 12.1 Å². The first-order valence-corrected chi connectivity index (χ1v) is 18.7. The Morgan fingerprint density at radius 1 is 0.519 bits per heavy atom. The average Bonchev–Trinajstić information content (AvgIpc) is 3.40. The van der Waals surface area contributed by atoms with Gasteiger partial charge in [0.2, 0.25) is 0 Å². The van der Waals surface area contributed by atoms with Crippen LogP contribution in [0.3, 0.4) is 0 Å². The first-order chi connectivity index (χ1) is 25.3. The molecule has 2 heterocycles. The standard InChI is InChI=1S/C32H22N.C19H24N.Ir/c1-32(2)29-26-10-6-4-8-21(26)13-16-27(29)28-17-18-33-31(30(28)32)23-14-15-25-22(19-23)12-11-20-7-3-5-9-24(20)25;1-18(2,3)15-9-7-14(8-10-15)17-12-11-16(13-20-17)19(4,5)6;/h3-13,15-19H,1-2H3;7,9-13H,1-6H3;/q2*-1;. The SMILES string of the molecule is CC(C)(C)c1c[c-]c(-c2ccc(C(C)(C)C)cn2)cc1.CC1(C)c2c(ccnc2-c2[c-]cc3c(ccc4ccccc43)c2)-c2ccc3ccccc3c21.[Ir]. The molecule has 0 bridgehead atoms. The van der Waals surface area contributed by atoms with Crippen molar-refractivity contribution in [1.29, 1.82) is 0 Å². The van der Waals surface area contributed by atoms with E-state index in [2.05, 4.69) is 194 Å². The predicted molar refractivity (Wildman–Crippen MR) is 224 cm³/mol. The van der Waals surface area contributed by atoms with Crippen LogP contribution in [0.5, 0.6) is 0 Å². The number of hydrogen-bond donors (Lipinski definition) is 0. The molecule has 2 nitrogen and oxygen atoms in total. The number of nitrogens with zero attached hydrogens (tertiary/aromatic N) is 2. The van der Waals surface area contributed by atoms with Crippen molar-refractivity contribution in [2.24, 2.45) is 0 Å². The maximum atomic E-state index is 4.92.